The van der Waals surface area contributed by atoms with Crippen molar-refractivity contribution < 1.29 is 18.7 Å². The summed E-state index contributed by atoms with van der Waals surface area (Å²) in [5, 5.41) is 9.44. The molecule has 0 unspecified atom stereocenters. The monoisotopic (exact) mass is 479 g/mol. The van der Waals surface area contributed by atoms with E-state index in [0.29, 0.717) is 48.2 Å². The van der Waals surface area contributed by atoms with E-state index in [0.717, 1.165) is 10.9 Å². The molecule has 5 rings (SSSR count). The molecule has 1 fully saturated rings. The summed E-state index contributed by atoms with van der Waals surface area (Å²) in [6.07, 6.45) is 1.05. The summed E-state index contributed by atoms with van der Waals surface area (Å²) in [6, 6.07) is 12.6. The number of aromatic nitrogens is 4. The number of fused-ring (bicyclic) bond motifs is 1. The van der Waals surface area contributed by atoms with Gasteiger partial charge in [0.1, 0.15) is 11.4 Å². The van der Waals surface area contributed by atoms with Crippen LogP contribution in [0.1, 0.15) is 34.0 Å². The van der Waals surface area contributed by atoms with Gasteiger partial charge in [0.05, 0.1) is 7.11 Å². The van der Waals surface area contributed by atoms with Crippen molar-refractivity contribution in [2.45, 2.75) is 12.8 Å². The van der Waals surface area contributed by atoms with E-state index in [1.165, 1.54) is 7.11 Å². The maximum Gasteiger partial charge on any atom is 0.284 e. The number of hydrogen-bond acceptors (Lipinski definition) is 7. The van der Waals surface area contributed by atoms with Crippen molar-refractivity contribution in [2.75, 3.05) is 20.2 Å². The summed E-state index contributed by atoms with van der Waals surface area (Å²) in [5.74, 6) is -0.0460. The highest BCUT2D eigenvalue weighted by atomic mass is 35.5. The highest BCUT2D eigenvalue weighted by Crippen LogP contribution is 2.27. The smallest absolute Gasteiger partial charge is 0.284 e. The third-order valence-corrected chi connectivity index (χ3v) is 6.40. The van der Waals surface area contributed by atoms with Crippen molar-refractivity contribution in [1.29, 1.82) is 0 Å². The second kappa shape index (κ2) is 8.90. The van der Waals surface area contributed by atoms with Gasteiger partial charge in [0, 0.05) is 48.0 Å². The minimum Gasteiger partial charge on any atom is -0.481 e. The van der Waals surface area contributed by atoms with Gasteiger partial charge in [0.15, 0.2) is 0 Å². The van der Waals surface area contributed by atoms with Crippen LogP contribution in [0.2, 0.25) is 5.02 Å². The Labute approximate surface area is 200 Å². The van der Waals surface area contributed by atoms with Crippen LogP contribution in [0.25, 0.3) is 22.5 Å². The Hall–Kier alpha value is -3.72. The SMILES string of the molecule is COc1cccc(-c2nnc(C(=O)C3CCN(C(=O)c4cc5cc(Cl)ccc5n4C)CC3)o2)n1. The molecule has 0 saturated carbocycles. The number of likely N-dealkylation sites (tertiary alicyclic amines) is 1. The largest absolute Gasteiger partial charge is 0.481 e. The summed E-state index contributed by atoms with van der Waals surface area (Å²) in [4.78, 5) is 32.1. The van der Waals surface area contributed by atoms with Crippen LogP contribution in [0.4, 0.5) is 0 Å². The zero-order chi connectivity index (χ0) is 23.8. The molecule has 4 heterocycles. The van der Waals surface area contributed by atoms with Crippen molar-refractivity contribution in [2.24, 2.45) is 13.0 Å². The molecule has 0 atom stereocenters. The Morgan fingerprint density at radius 1 is 1.12 bits per heavy atom. The molecule has 174 valence electrons. The lowest BCUT2D eigenvalue weighted by molar-refractivity contribution is 0.0634. The maximum atomic E-state index is 13.2. The molecular formula is C24H22ClN5O4. The molecule has 9 nitrogen and oxygen atoms in total. The quantitative estimate of drug-likeness (QED) is 0.398. The number of Topliss-reactive ketones (excluding diaryl/α,β-unsaturated/α-hetero) is 1. The first kappa shape index (κ1) is 22.1. The fourth-order valence-corrected chi connectivity index (χ4v) is 4.46. The second-order valence-corrected chi connectivity index (χ2v) is 8.64. The Balaban J connectivity index is 1.26. The number of hydrogen-bond donors (Lipinski definition) is 0. The van der Waals surface area contributed by atoms with E-state index in [2.05, 4.69) is 15.2 Å². The molecule has 4 aromatic rings. The van der Waals surface area contributed by atoms with E-state index in [4.69, 9.17) is 20.8 Å². The molecule has 3 aromatic heterocycles. The van der Waals surface area contributed by atoms with Gasteiger partial charge in [-0.3, -0.25) is 9.59 Å². The number of aryl methyl sites for hydroxylation is 1. The Morgan fingerprint density at radius 3 is 2.68 bits per heavy atom. The Kier molecular flexibility index (Phi) is 5.79. The predicted molar refractivity (Wildman–Crippen MR) is 125 cm³/mol. The van der Waals surface area contributed by atoms with Crippen LogP contribution >= 0.6 is 11.6 Å². The first-order chi connectivity index (χ1) is 16.4. The van der Waals surface area contributed by atoms with Gasteiger partial charge in [-0.25, -0.2) is 4.98 Å². The fourth-order valence-electron chi connectivity index (χ4n) is 4.28. The summed E-state index contributed by atoms with van der Waals surface area (Å²) in [6.45, 7) is 0.936. The van der Waals surface area contributed by atoms with Gasteiger partial charge in [-0.2, -0.15) is 0 Å². The van der Waals surface area contributed by atoms with Crippen LogP contribution in [0.3, 0.4) is 0 Å². The summed E-state index contributed by atoms with van der Waals surface area (Å²) in [5.41, 5.74) is 1.97. The molecular weight excluding hydrogens is 458 g/mol. The van der Waals surface area contributed by atoms with Crippen molar-refractivity contribution in [3.05, 3.63) is 59.1 Å². The number of carbonyl (C=O) groups is 2. The minimum absolute atomic E-state index is 0.0463. The number of ether oxygens (including phenoxy) is 1. The van der Waals surface area contributed by atoms with Crippen LogP contribution in [-0.2, 0) is 7.05 Å². The topological polar surface area (TPSA) is 103 Å². The zero-order valence-electron chi connectivity index (χ0n) is 18.7. The molecule has 1 saturated heterocycles. The molecule has 1 amide bonds. The third-order valence-electron chi connectivity index (χ3n) is 6.16. The van der Waals surface area contributed by atoms with E-state index >= 15 is 0 Å². The lowest BCUT2D eigenvalue weighted by Gasteiger charge is -2.30. The van der Waals surface area contributed by atoms with Crippen LogP contribution < -0.4 is 4.74 Å². The molecule has 1 aromatic carbocycles. The maximum absolute atomic E-state index is 13.2. The van der Waals surface area contributed by atoms with Gasteiger partial charge >= 0.3 is 0 Å². The van der Waals surface area contributed by atoms with E-state index in [9.17, 15) is 9.59 Å². The summed E-state index contributed by atoms with van der Waals surface area (Å²) < 4.78 is 12.6. The highest BCUT2D eigenvalue weighted by Gasteiger charge is 2.32. The number of methoxy groups -OCH3 is 1. The molecule has 10 heteroatoms. The van der Waals surface area contributed by atoms with Gasteiger partial charge in [0.25, 0.3) is 17.7 Å². The fraction of sp³-hybridized carbons (Fsp3) is 0.292. The second-order valence-electron chi connectivity index (χ2n) is 8.20. The number of nitrogens with zero attached hydrogens (tertiary/aromatic N) is 5. The standard InChI is InChI=1S/C24H22ClN5O4/c1-29-18-7-6-16(25)12-15(18)13-19(29)24(32)30-10-8-14(9-11-30)21(31)23-28-27-22(34-23)17-4-3-5-20(26-17)33-2/h3-7,12-14H,8-11H2,1-2H3. The zero-order valence-corrected chi connectivity index (χ0v) is 19.5. The average molecular weight is 480 g/mol. The summed E-state index contributed by atoms with van der Waals surface area (Å²) >= 11 is 6.09. The van der Waals surface area contributed by atoms with Gasteiger partial charge < -0.3 is 18.6 Å². The predicted octanol–water partition coefficient (Wildman–Crippen LogP) is 4.02. The first-order valence-corrected chi connectivity index (χ1v) is 11.3. The first-order valence-electron chi connectivity index (χ1n) is 10.9. The number of ketones is 1. The summed E-state index contributed by atoms with van der Waals surface area (Å²) in [7, 11) is 3.38. The minimum atomic E-state index is -0.290. The average Bonchev–Trinajstić information content (AvgIpc) is 3.48. The Bertz CT molecular complexity index is 1390. The molecule has 0 spiro atoms. The third kappa shape index (κ3) is 4.03. The Morgan fingerprint density at radius 2 is 1.91 bits per heavy atom. The number of carbonyl (C=O) groups excluding carboxylic acids is 2. The van der Waals surface area contributed by atoms with Gasteiger partial charge in [-0.05, 0) is 43.2 Å². The molecule has 0 radical (unpaired) electrons. The van der Waals surface area contributed by atoms with E-state index in [-0.39, 0.29) is 29.4 Å². The van der Waals surface area contributed by atoms with E-state index in [1.807, 2.05) is 35.9 Å². The normalized spacial score (nSPS) is 14.5. The number of halogens is 1. The van der Waals surface area contributed by atoms with Gasteiger partial charge in [0.2, 0.25) is 11.7 Å². The van der Waals surface area contributed by atoms with Crippen molar-refractivity contribution in [3.8, 4) is 17.5 Å². The highest BCUT2D eigenvalue weighted by molar-refractivity contribution is 6.31. The molecule has 0 bridgehead atoms. The van der Waals surface area contributed by atoms with Crippen molar-refractivity contribution in [1.82, 2.24) is 24.6 Å². The van der Waals surface area contributed by atoms with Crippen LogP contribution in [-0.4, -0.2) is 56.5 Å². The molecule has 34 heavy (non-hydrogen) atoms. The van der Waals surface area contributed by atoms with Crippen molar-refractivity contribution >= 4 is 34.2 Å². The van der Waals surface area contributed by atoms with Gasteiger partial charge in [-0.15, -0.1) is 10.2 Å². The molecule has 0 N–H and O–H groups in total. The van der Waals surface area contributed by atoms with E-state index < -0.39 is 0 Å². The molecule has 1 aliphatic heterocycles. The number of amides is 1. The number of benzene rings is 1. The van der Waals surface area contributed by atoms with E-state index in [1.54, 1.807) is 23.1 Å². The van der Waals surface area contributed by atoms with Crippen LogP contribution in [0.5, 0.6) is 5.88 Å². The lowest BCUT2D eigenvalue weighted by atomic mass is 9.92. The van der Waals surface area contributed by atoms with Crippen molar-refractivity contribution in [3.63, 3.8) is 0 Å². The number of pyridine rings is 1. The van der Waals surface area contributed by atoms with Crippen LogP contribution in [0.15, 0.2) is 46.9 Å². The molecule has 1 aliphatic rings. The molecule has 0 aliphatic carbocycles. The lowest BCUT2D eigenvalue weighted by Crippen LogP contribution is -2.41. The van der Waals surface area contributed by atoms with Crippen LogP contribution in [0, 0.1) is 5.92 Å². The van der Waals surface area contributed by atoms with Gasteiger partial charge in [-0.1, -0.05) is 17.7 Å². The number of piperidine rings is 1. The number of rotatable bonds is 5.